The van der Waals surface area contributed by atoms with E-state index in [0.717, 1.165) is 17.2 Å². The monoisotopic (exact) mass is 352 g/mol. The number of alkyl halides is 3. The molecule has 0 amide bonds. The summed E-state index contributed by atoms with van der Waals surface area (Å²) in [6, 6.07) is 10.6. The third-order valence-corrected chi connectivity index (χ3v) is 3.57. The first-order valence-electron chi connectivity index (χ1n) is 7.49. The summed E-state index contributed by atoms with van der Waals surface area (Å²) >= 11 is 0. The normalized spacial score (nSPS) is 12.2. The van der Waals surface area contributed by atoms with Crippen LogP contribution < -0.4 is 10.2 Å². The number of anilines is 1. The van der Waals surface area contributed by atoms with Crippen molar-refractivity contribution >= 4 is 11.4 Å². The van der Waals surface area contributed by atoms with Crippen LogP contribution in [-0.4, -0.2) is 19.9 Å². The number of nitrogens with zero attached hydrogens (tertiary/aromatic N) is 1. The predicted molar refractivity (Wildman–Crippen MR) is 91.0 cm³/mol. The molecule has 0 aliphatic rings. The highest BCUT2D eigenvalue weighted by atomic mass is 19.4. The number of methoxy groups -OCH3 is 2. The van der Waals surface area contributed by atoms with E-state index >= 15 is 0 Å². The number of hydrogen-bond donors (Lipinski definition) is 1. The molecule has 0 spiro atoms. The summed E-state index contributed by atoms with van der Waals surface area (Å²) in [4.78, 5) is 0. The summed E-state index contributed by atoms with van der Waals surface area (Å²) in [5.41, 5.74) is 3.76. The van der Waals surface area contributed by atoms with Crippen molar-refractivity contribution < 1.29 is 22.6 Å². The van der Waals surface area contributed by atoms with Gasteiger partial charge in [-0.2, -0.15) is 18.3 Å². The van der Waals surface area contributed by atoms with Gasteiger partial charge in [-0.15, -0.1) is 0 Å². The molecule has 0 unspecified atom stereocenters. The quantitative estimate of drug-likeness (QED) is 0.605. The van der Waals surface area contributed by atoms with Crippen LogP contribution in [0.5, 0.6) is 5.75 Å². The van der Waals surface area contributed by atoms with Crippen LogP contribution in [0.4, 0.5) is 18.9 Å². The van der Waals surface area contributed by atoms with Crippen LogP contribution >= 0.6 is 0 Å². The molecule has 0 heterocycles. The summed E-state index contributed by atoms with van der Waals surface area (Å²) in [6.07, 6.45) is -4.45. The molecule has 0 fully saturated rings. The smallest absolute Gasteiger partial charge is 0.418 e. The van der Waals surface area contributed by atoms with Gasteiger partial charge in [-0.3, -0.25) is 5.43 Å². The van der Waals surface area contributed by atoms with E-state index < -0.39 is 11.7 Å². The minimum atomic E-state index is -4.45. The lowest BCUT2D eigenvalue weighted by Crippen LogP contribution is -2.09. The average Bonchev–Trinajstić information content (AvgIpc) is 2.59. The number of benzene rings is 2. The van der Waals surface area contributed by atoms with Crippen molar-refractivity contribution in [1.82, 2.24) is 0 Å². The van der Waals surface area contributed by atoms with Crippen LogP contribution in [0, 0.1) is 0 Å². The van der Waals surface area contributed by atoms with Crippen molar-refractivity contribution in [2.75, 3.05) is 19.6 Å². The molecule has 134 valence electrons. The second-order valence-electron chi connectivity index (χ2n) is 5.31. The fourth-order valence-electron chi connectivity index (χ4n) is 2.31. The van der Waals surface area contributed by atoms with Gasteiger partial charge in [0.05, 0.1) is 30.7 Å². The van der Waals surface area contributed by atoms with Crippen LogP contribution in [0.2, 0.25) is 0 Å². The lowest BCUT2D eigenvalue weighted by molar-refractivity contribution is -0.136. The first kappa shape index (κ1) is 18.8. The number of hydrazone groups is 1. The minimum absolute atomic E-state index is 0.0972. The van der Waals surface area contributed by atoms with E-state index in [2.05, 4.69) is 10.5 Å². The lowest BCUT2D eigenvalue weighted by atomic mass is 10.1. The van der Waals surface area contributed by atoms with E-state index in [4.69, 9.17) is 9.47 Å². The number of halogens is 3. The van der Waals surface area contributed by atoms with E-state index in [1.54, 1.807) is 33.3 Å². The van der Waals surface area contributed by atoms with Gasteiger partial charge in [0, 0.05) is 12.7 Å². The molecule has 0 radical (unpaired) electrons. The molecule has 0 saturated heterocycles. The Morgan fingerprint density at radius 1 is 1.12 bits per heavy atom. The van der Waals surface area contributed by atoms with Crippen molar-refractivity contribution in [3.8, 4) is 5.75 Å². The number of para-hydroxylation sites is 1. The third kappa shape index (κ3) is 4.73. The molecule has 25 heavy (non-hydrogen) atoms. The zero-order valence-electron chi connectivity index (χ0n) is 14.1. The van der Waals surface area contributed by atoms with Crippen molar-refractivity contribution in [3.63, 3.8) is 0 Å². The molecule has 7 heteroatoms. The standard InChI is InChI=1S/C18H19F3N2O2/c1-12(13-8-9-17(25-3)14(10-13)11-24-2)22-23-16-7-5-4-6-15(16)18(19,20)21/h4-10,23H,11H2,1-3H3/b22-12-. The second kappa shape index (κ2) is 8.02. The maximum absolute atomic E-state index is 13.0. The Labute approximate surface area is 144 Å². The molecule has 4 nitrogen and oxygen atoms in total. The third-order valence-electron chi connectivity index (χ3n) is 3.57. The van der Waals surface area contributed by atoms with Gasteiger partial charge in [-0.1, -0.05) is 12.1 Å². The highest BCUT2D eigenvalue weighted by molar-refractivity contribution is 5.99. The zero-order valence-corrected chi connectivity index (χ0v) is 14.1. The fourth-order valence-corrected chi connectivity index (χ4v) is 2.31. The molecule has 0 aromatic heterocycles. The maximum Gasteiger partial charge on any atom is 0.418 e. The first-order chi connectivity index (χ1) is 11.9. The number of hydrogen-bond acceptors (Lipinski definition) is 4. The lowest BCUT2D eigenvalue weighted by Gasteiger charge is -2.13. The number of ether oxygens (including phenoxy) is 2. The van der Waals surface area contributed by atoms with Crippen molar-refractivity contribution in [3.05, 3.63) is 59.2 Å². The van der Waals surface area contributed by atoms with Crippen LogP contribution in [0.15, 0.2) is 47.6 Å². The van der Waals surface area contributed by atoms with Gasteiger partial charge in [-0.25, -0.2) is 0 Å². The molecule has 2 aromatic rings. The SMILES string of the molecule is COCc1cc(/C(C)=N\Nc2ccccc2C(F)(F)F)ccc1OC. The van der Waals surface area contributed by atoms with Crippen molar-refractivity contribution in [1.29, 1.82) is 0 Å². The highest BCUT2D eigenvalue weighted by Crippen LogP contribution is 2.34. The first-order valence-corrected chi connectivity index (χ1v) is 7.49. The van der Waals surface area contributed by atoms with E-state index in [9.17, 15) is 13.2 Å². The molecule has 0 bridgehead atoms. The molecular formula is C18H19F3N2O2. The molecular weight excluding hydrogens is 333 g/mol. The van der Waals surface area contributed by atoms with Gasteiger partial charge in [0.2, 0.25) is 0 Å². The van der Waals surface area contributed by atoms with Gasteiger partial charge in [-0.05, 0) is 42.8 Å². The van der Waals surface area contributed by atoms with E-state index in [1.165, 1.54) is 18.2 Å². The molecule has 0 aliphatic carbocycles. The topological polar surface area (TPSA) is 42.8 Å². The van der Waals surface area contributed by atoms with Gasteiger partial charge >= 0.3 is 6.18 Å². The summed E-state index contributed by atoms with van der Waals surface area (Å²) in [6.45, 7) is 2.07. The Morgan fingerprint density at radius 2 is 1.84 bits per heavy atom. The van der Waals surface area contributed by atoms with E-state index in [-0.39, 0.29) is 5.69 Å². The molecule has 2 aromatic carbocycles. The van der Waals surface area contributed by atoms with Crippen LogP contribution in [-0.2, 0) is 17.5 Å². The zero-order chi connectivity index (χ0) is 18.4. The molecule has 0 atom stereocenters. The summed E-state index contributed by atoms with van der Waals surface area (Å²) in [5.74, 6) is 0.675. The molecule has 1 N–H and O–H groups in total. The molecule has 0 aliphatic heterocycles. The molecule has 0 saturated carbocycles. The van der Waals surface area contributed by atoms with Crippen molar-refractivity contribution in [2.45, 2.75) is 19.7 Å². The number of rotatable bonds is 6. The predicted octanol–water partition coefficient (Wildman–Crippen LogP) is 4.70. The summed E-state index contributed by atoms with van der Waals surface area (Å²) in [7, 11) is 3.13. The summed E-state index contributed by atoms with van der Waals surface area (Å²) < 4.78 is 49.4. The van der Waals surface area contributed by atoms with E-state index in [1.807, 2.05) is 6.07 Å². The number of nitrogens with one attached hydrogen (secondary N) is 1. The van der Waals surface area contributed by atoms with E-state index in [0.29, 0.717) is 18.1 Å². The Hall–Kier alpha value is -2.54. The highest BCUT2D eigenvalue weighted by Gasteiger charge is 2.33. The largest absolute Gasteiger partial charge is 0.496 e. The second-order valence-corrected chi connectivity index (χ2v) is 5.31. The Bertz CT molecular complexity index is 758. The fraction of sp³-hybridized carbons (Fsp3) is 0.278. The van der Waals surface area contributed by atoms with Crippen LogP contribution in [0.25, 0.3) is 0 Å². The van der Waals surface area contributed by atoms with Gasteiger partial charge in [0.15, 0.2) is 0 Å². The minimum Gasteiger partial charge on any atom is -0.496 e. The van der Waals surface area contributed by atoms with Gasteiger partial charge < -0.3 is 9.47 Å². The van der Waals surface area contributed by atoms with Gasteiger partial charge in [0.1, 0.15) is 5.75 Å². The Kier molecular flexibility index (Phi) is 6.03. The van der Waals surface area contributed by atoms with Crippen LogP contribution in [0.3, 0.4) is 0 Å². The summed E-state index contributed by atoms with van der Waals surface area (Å²) in [5, 5.41) is 4.08. The maximum atomic E-state index is 13.0. The van der Waals surface area contributed by atoms with Crippen LogP contribution in [0.1, 0.15) is 23.6 Å². The van der Waals surface area contributed by atoms with Crippen molar-refractivity contribution in [2.24, 2.45) is 5.10 Å². The van der Waals surface area contributed by atoms with Gasteiger partial charge in [0.25, 0.3) is 0 Å². The molecule has 2 rings (SSSR count). The Balaban J connectivity index is 2.27. The Morgan fingerprint density at radius 3 is 2.48 bits per heavy atom. The average molecular weight is 352 g/mol.